The average Bonchev–Trinajstić information content (AvgIpc) is 2.49. The van der Waals surface area contributed by atoms with E-state index in [0.717, 1.165) is 27.7 Å². The largest absolute Gasteiger partial charge is 0.456 e. The lowest BCUT2D eigenvalue weighted by atomic mass is 9.87. The number of esters is 1. The minimum Gasteiger partial charge on any atom is -0.456 e. The maximum atomic E-state index is 11.9. The van der Waals surface area contributed by atoms with Gasteiger partial charge in [0.1, 0.15) is 0 Å². The molecule has 1 N–H and O–H groups in total. The minimum atomic E-state index is -0.290. The van der Waals surface area contributed by atoms with Crippen LogP contribution in [0.5, 0.6) is 0 Å². The normalized spacial score (nSPS) is 15.4. The van der Waals surface area contributed by atoms with E-state index in [2.05, 4.69) is 27.9 Å². The van der Waals surface area contributed by atoms with Crippen LogP contribution in [0.25, 0.3) is 0 Å². The van der Waals surface area contributed by atoms with Gasteiger partial charge in [-0.25, -0.2) is 0 Å². The molecule has 22 heavy (non-hydrogen) atoms. The summed E-state index contributed by atoms with van der Waals surface area (Å²) in [6, 6.07) is 5.78. The Balaban J connectivity index is 1.73. The molecule has 0 spiro atoms. The van der Waals surface area contributed by atoms with Gasteiger partial charge in [0.05, 0.1) is 0 Å². The number of rotatable bonds is 5. The number of anilines is 1. The molecule has 0 atom stereocenters. The zero-order valence-corrected chi connectivity index (χ0v) is 15.0. The van der Waals surface area contributed by atoms with E-state index in [-0.39, 0.29) is 18.5 Å². The lowest BCUT2D eigenvalue weighted by molar-refractivity contribution is -0.148. The van der Waals surface area contributed by atoms with Crippen LogP contribution in [0.3, 0.4) is 0 Å². The number of nitrogens with one attached hydrogen (secondary N) is 1. The Hall–Kier alpha value is -1.11. The van der Waals surface area contributed by atoms with Crippen molar-refractivity contribution in [2.45, 2.75) is 45.4 Å². The van der Waals surface area contributed by atoms with E-state index in [1.807, 2.05) is 25.1 Å². The first-order valence-corrected chi connectivity index (χ1v) is 8.84. The maximum Gasteiger partial charge on any atom is 0.306 e. The van der Waals surface area contributed by atoms with Crippen molar-refractivity contribution in [1.29, 1.82) is 0 Å². The Bertz CT molecular complexity index is 539. The standard InChI is InChI=1S/C17H22INO3/c1-12-9-14(18)7-8-15(12)19-16(20)11-22-17(21)10-13-5-3-2-4-6-13/h7-9,13H,2-6,10-11H2,1H3,(H,19,20). The predicted octanol–water partition coefficient (Wildman–Crippen LogP) is 4.05. The quantitative estimate of drug-likeness (QED) is 0.583. The van der Waals surface area contributed by atoms with Crippen LogP contribution in [0.1, 0.15) is 44.1 Å². The molecule has 1 aliphatic carbocycles. The smallest absolute Gasteiger partial charge is 0.306 e. The molecule has 120 valence electrons. The third-order valence-corrected chi connectivity index (χ3v) is 4.68. The van der Waals surface area contributed by atoms with Crippen molar-refractivity contribution in [3.63, 3.8) is 0 Å². The monoisotopic (exact) mass is 415 g/mol. The highest BCUT2D eigenvalue weighted by molar-refractivity contribution is 14.1. The van der Waals surface area contributed by atoms with Crippen molar-refractivity contribution in [3.8, 4) is 0 Å². The molecule has 4 nitrogen and oxygen atoms in total. The molecule has 1 fully saturated rings. The van der Waals surface area contributed by atoms with Gasteiger partial charge < -0.3 is 10.1 Å². The first-order valence-electron chi connectivity index (χ1n) is 7.76. The number of hydrogen-bond acceptors (Lipinski definition) is 3. The molecule has 0 aromatic heterocycles. The van der Waals surface area contributed by atoms with Crippen LogP contribution in [-0.2, 0) is 14.3 Å². The van der Waals surface area contributed by atoms with Gasteiger partial charge in [0.15, 0.2) is 6.61 Å². The zero-order chi connectivity index (χ0) is 15.9. The third kappa shape index (κ3) is 5.59. The number of benzene rings is 1. The number of amides is 1. The molecule has 0 bridgehead atoms. The Morgan fingerprint density at radius 3 is 2.68 bits per heavy atom. The third-order valence-electron chi connectivity index (χ3n) is 4.01. The topological polar surface area (TPSA) is 55.4 Å². The van der Waals surface area contributed by atoms with Gasteiger partial charge in [-0.3, -0.25) is 9.59 Å². The number of aryl methyl sites for hydroxylation is 1. The molecule has 0 aliphatic heterocycles. The van der Waals surface area contributed by atoms with Crippen molar-refractivity contribution >= 4 is 40.2 Å². The molecular formula is C17H22INO3. The highest BCUT2D eigenvalue weighted by Gasteiger charge is 2.18. The summed E-state index contributed by atoms with van der Waals surface area (Å²) in [5.41, 5.74) is 1.75. The van der Waals surface area contributed by atoms with E-state index >= 15 is 0 Å². The van der Waals surface area contributed by atoms with E-state index in [0.29, 0.717) is 12.3 Å². The first kappa shape index (κ1) is 17.2. The summed E-state index contributed by atoms with van der Waals surface area (Å²) in [5.74, 6) is -0.120. The summed E-state index contributed by atoms with van der Waals surface area (Å²) in [6.07, 6.45) is 6.31. The van der Waals surface area contributed by atoms with Gasteiger partial charge in [0.2, 0.25) is 0 Å². The number of hydrogen-bond donors (Lipinski definition) is 1. The number of halogens is 1. The number of carbonyl (C=O) groups excluding carboxylic acids is 2. The summed E-state index contributed by atoms with van der Waals surface area (Å²) in [6.45, 7) is 1.73. The zero-order valence-electron chi connectivity index (χ0n) is 12.9. The molecule has 0 saturated heterocycles. The average molecular weight is 415 g/mol. The SMILES string of the molecule is Cc1cc(I)ccc1NC(=O)COC(=O)CC1CCCCC1. The Labute approximate surface area is 145 Å². The van der Waals surface area contributed by atoms with Crippen LogP contribution >= 0.6 is 22.6 Å². The van der Waals surface area contributed by atoms with Crippen molar-refractivity contribution in [3.05, 3.63) is 27.3 Å². The second kappa shape index (κ2) is 8.50. The Kier molecular flexibility index (Phi) is 6.67. The van der Waals surface area contributed by atoms with Gasteiger partial charge in [-0.2, -0.15) is 0 Å². The first-order chi connectivity index (χ1) is 10.5. The molecule has 0 unspecified atom stereocenters. The second-order valence-corrected chi connectivity index (χ2v) is 7.12. The summed E-state index contributed by atoms with van der Waals surface area (Å²) in [5, 5.41) is 2.78. The molecule has 1 aromatic rings. The van der Waals surface area contributed by atoms with Crippen molar-refractivity contribution in [2.24, 2.45) is 5.92 Å². The predicted molar refractivity (Wildman–Crippen MR) is 94.7 cm³/mol. The van der Waals surface area contributed by atoms with E-state index in [4.69, 9.17) is 4.74 Å². The van der Waals surface area contributed by atoms with Crippen LogP contribution in [0.15, 0.2) is 18.2 Å². The van der Waals surface area contributed by atoms with Gasteiger partial charge >= 0.3 is 5.97 Å². The van der Waals surface area contributed by atoms with Gasteiger partial charge in [-0.05, 0) is 72.0 Å². The lowest BCUT2D eigenvalue weighted by Crippen LogP contribution is -2.22. The summed E-state index contributed by atoms with van der Waals surface area (Å²) >= 11 is 2.23. The fraction of sp³-hybridized carbons (Fsp3) is 0.529. The second-order valence-electron chi connectivity index (χ2n) is 5.88. The van der Waals surface area contributed by atoms with Crippen LogP contribution in [0, 0.1) is 16.4 Å². The maximum absolute atomic E-state index is 11.9. The molecule has 2 rings (SSSR count). The molecule has 1 saturated carbocycles. The summed E-state index contributed by atoms with van der Waals surface area (Å²) < 4.78 is 6.21. The fourth-order valence-corrected chi connectivity index (χ4v) is 3.43. The molecule has 0 radical (unpaired) electrons. The van der Waals surface area contributed by atoms with Crippen molar-refractivity contribution in [1.82, 2.24) is 0 Å². The molecular weight excluding hydrogens is 393 g/mol. The van der Waals surface area contributed by atoms with Gasteiger partial charge in [-0.1, -0.05) is 19.3 Å². The highest BCUT2D eigenvalue weighted by atomic mass is 127. The van der Waals surface area contributed by atoms with Gasteiger partial charge in [-0.15, -0.1) is 0 Å². The van der Waals surface area contributed by atoms with E-state index in [1.54, 1.807) is 0 Å². The molecule has 5 heteroatoms. The fourth-order valence-electron chi connectivity index (χ4n) is 2.79. The molecule has 1 amide bonds. The number of ether oxygens (including phenoxy) is 1. The van der Waals surface area contributed by atoms with E-state index in [1.165, 1.54) is 19.3 Å². The van der Waals surface area contributed by atoms with Crippen LogP contribution in [0.4, 0.5) is 5.69 Å². The van der Waals surface area contributed by atoms with Gasteiger partial charge in [0.25, 0.3) is 5.91 Å². The van der Waals surface area contributed by atoms with Crippen molar-refractivity contribution in [2.75, 3.05) is 11.9 Å². The van der Waals surface area contributed by atoms with Crippen LogP contribution in [-0.4, -0.2) is 18.5 Å². The lowest BCUT2D eigenvalue weighted by Gasteiger charge is -2.20. The van der Waals surface area contributed by atoms with E-state index in [9.17, 15) is 9.59 Å². The summed E-state index contributed by atoms with van der Waals surface area (Å²) in [7, 11) is 0. The van der Waals surface area contributed by atoms with Crippen LogP contribution < -0.4 is 5.32 Å². The minimum absolute atomic E-state index is 0.211. The van der Waals surface area contributed by atoms with Crippen LogP contribution in [0.2, 0.25) is 0 Å². The molecule has 1 aromatic carbocycles. The highest BCUT2D eigenvalue weighted by Crippen LogP contribution is 2.26. The Morgan fingerprint density at radius 2 is 2.00 bits per heavy atom. The molecule has 1 aliphatic rings. The number of carbonyl (C=O) groups is 2. The van der Waals surface area contributed by atoms with Crippen molar-refractivity contribution < 1.29 is 14.3 Å². The van der Waals surface area contributed by atoms with E-state index < -0.39 is 0 Å². The summed E-state index contributed by atoms with van der Waals surface area (Å²) in [4.78, 5) is 23.6. The Morgan fingerprint density at radius 1 is 1.27 bits per heavy atom. The molecule has 0 heterocycles. The van der Waals surface area contributed by atoms with Gasteiger partial charge in [0, 0.05) is 15.7 Å².